The molecule has 2 rings (SSSR count). The molecule has 0 heterocycles. The van der Waals surface area contributed by atoms with Crippen molar-refractivity contribution in [3.8, 4) is 28.4 Å². The molecular weight excluding hydrogens is 431 g/mol. The fourth-order valence-corrected chi connectivity index (χ4v) is 2.43. The van der Waals surface area contributed by atoms with E-state index < -0.39 is 17.8 Å². The van der Waals surface area contributed by atoms with E-state index in [2.05, 4.69) is 13.2 Å². The van der Waals surface area contributed by atoms with Crippen LogP contribution < -0.4 is 14.2 Å². The molecule has 0 fully saturated rings. The lowest BCUT2D eigenvalue weighted by Gasteiger charge is -2.14. The molecule has 0 aromatic heterocycles. The molecular formula is C25H25FO7. The number of rotatable bonds is 10. The van der Waals surface area contributed by atoms with Crippen molar-refractivity contribution < 1.29 is 37.7 Å². The summed E-state index contributed by atoms with van der Waals surface area (Å²) >= 11 is 0. The van der Waals surface area contributed by atoms with Crippen LogP contribution >= 0.6 is 0 Å². The number of benzene rings is 2. The van der Waals surface area contributed by atoms with Crippen molar-refractivity contribution in [3.63, 3.8) is 0 Å². The van der Waals surface area contributed by atoms with Crippen molar-refractivity contribution in [1.82, 2.24) is 0 Å². The highest BCUT2D eigenvalue weighted by Crippen LogP contribution is 2.34. The summed E-state index contributed by atoms with van der Waals surface area (Å²) in [6.07, 6.45) is 0.236. The molecule has 7 nitrogen and oxygen atoms in total. The van der Waals surface area contributed by atoms with Crippen molar-refractivity contribution in [2.24, 2.45) is 0 Å². The van der Waals surface area contributed by atoms with Gasteiger partial charge in [0.25, 0.3) is 0 Å². The maximum atomic E-state index is 14.5. The Morgan fingerprint density at radius 3 is 1.91 bits per heavy atom. The van der Waals surface area contributed by atoms with Crippen molar-refractivity contribution in [3.05, 3.63) is 66.5 Å². The molecule has 0 saturated heterocycles. The third-order valence-electron chi connectivity index (χ3n) is 4.20. The molecule has 0 aliphatic rings. The topological polar surface area (TPSA) is 88.1 Å². The first-order chi connectivity index (χ1) is 15.6. The fraction of sp³-hybridized carbons (Fsp3) is 0.240. The first-order valence-electron chi connectivity index (χ1n) is 10.1. The normalized spacial score (nSPS) is 10.2. The second-order valence-electron chi connectivity index (χ2n) is 7.07. The third kappa shape index (κ3) is 7.31. The van der Waals surface area contributed by atoms with Gasteiger partial charge >= 0.3 is 17.9 Å². The van der Waals surface area contributed by atoms with Gasteiger partial charge in [0, 0.05) is 17.6 Å². The van der Waals surface area contributed by atoms with Crippen LogP contribution in [-0.4, -0.2) is 31.1 Å². The number of hydrogen-bond donors (Lipinski definition) is 0. The van der Waals surface area contributed by atoms with Crippen LogP contribution in [0.5, 0.6) is 17.2 Å². The van der Waals surface area contributed by atoms with E-state index in [1.54, 1.807) is 25.1 Å². The zero-order valence-electron chi connectivity index (χ0n) is 18.7. The lowest BCUT2D eigenvalue weighted by molar-refractivity contribution is -0.144. The standard InChI is InChI=1S/C25H25FO7/c1-6-23(27)31-12-11-30-22-14-18(8-10-21(22)33-25(29)16(4)5)17-7-9-20(19(26)13-17)32-24(28)15(2)3/h7-10,13-14H,2,4,6,11-12H2,1,3,5H3. The highest BCUT2D eigenvalue weighted by Gasteiger charge is 2.15. The van der Waals surface area contributed by atoms with Crippen LogP contribution in [0.2, 0.25) is 0 Å². The van der Waals surface area contributed by atoms with E-state index in [0.717, 1.165) is 0 Å². The molecule has 33 heavy (non-hydrogen) atoms. The molecule has 0 unspecified atom stereocenters. The lowest BCUT2D eigenvalue weighted by atomic mass is 10.0. The monoisotopic (exact) mass is 456 g/mol. The van der Waals surface area contributed by atoms with E-state index >= 15 is 0 Å². The predicted octanol–water partition coefficient (Wildman–Crippen LogP) is 4.79. The number of esters is 3. The van der Waals surface area contributed by atoms with Crippen molar-refractivity contribution in [1.29, 1.82) is 0 Å². The van der Waals surface area contributed by atoms with Crippen LogP contribution in [0.1, 0.15) is 27.2 Å². The van der Waals surface area contributed by atoms with Crippen LogP contribution in [0.3, 0.4) is 0 Å². The van der Waals surface area contributed by atoms with Gasteiger partial charge in [-0.3, -0.25) is 4.79 Å². The molecule has 0 aliphatic carbocycles. The Hall–Kier alpha value is -3.94. The molecule has 0 amide bonds. The average molecular weight is 456 g/mol. The summed E-state index contributed by atoms with van der Waals surface area (Å²) in [5.74, 6) is -2.40. The van der Waals surface area contributed by atoms with Gasteiger partial charge in [0.05, 0.1) is 0 Å². The third-order valence-corrected chi connectivity index (χ3v) is 4.20. The molecule has 0 saturated carbocycles. The van der Waals surface area contributed by atoms with E-state index in [9.17, 15) is 18.8 Å². The van der Waals surface area contributed by atoms with E-state index in [0.29, 0.717) is 11.1 Å². The zero-order valence-corrected chi connectivity index (χ0v) is 18.7. The minimum absolute atomic E-state index is 0.00217. The van der Waals surface area contributed by atoms with Crippen LogP contribution in [0.15, 0.2) is 60.7 Å². The van der Waals surface area contributed by atoms with Gasteiger partial charge in [0.2, 0.25) is 0 Å². The van der Waals surface area contributed by atoms with Gasteiger partial charge in [-0.05, 0) is 49.2 Å². The van der Waals surface area contributed by atoms with Gasteiger partial charge in [-0.2, -0.15) is 0 Å². The number of hydrogen-bond acceptors (Lipinski definition) is 7. The first kappa shape index (κ1) is 25.3. The minimum Gasteiger partial charge on any atom is -0.486 e. The highest BCUT2D eigenvalue weighted by atomic mass is 19.1. The zero-order chi connectivity index (χ0) is 24.5. The minimum atomic E-state index is -0.742. The number of carbonyl (C=O) groups is 3. The fourth-order valence-electron chi connectivity index (χ4n) is 2.43. The molecule has 2 aromatic rings. The molecule has 0 N–H and O–H groups in total. The molecule has 174 valence electrons. The summed E-state index contributed by atoms with van der Waals surface area (Å²) < 4.78 is 35.4. The highest BCUT2D eigenvalue weighted by molar-refractivity contribution is 5.89. The SMILES string of the molecule is C=C(C)C(=O)Oc1ccc(-c2ccc(OC(=O)C(=C)C)c(OCCOC(=O)CC)c2)cc1F. The molecule has 0 atom stereocenters. The summed E-state index contributed by atoms with van der Waals surface area (Å²) in [6.45, 7) is 11.7. The van der Waals surface area contributed by atoms with Gasteiger partial charge in [-0.1, -0.05) is 32.2 Å². The smallest absolute Gasteiger partial charge is 0.338 e. The first-order valence-corrected chi connectivity index (χ1v) is 10.1. The maximum Gasteiger partial charge on any atom is 0.338 e. The van der Waals surface area contributed by atoms with Gasteiger partial charge in [-0.25, -0.2) is 14.0 Å². The maximum absolute atomic E-state index is 14.5. The molecule has 8 heteroatoms. The Morgan fingerprint density at radius 1 is 0.818 bits per heavy atom. The molecule has 0 spiro atoms. The van der Waals surface area contributed by atoms with Crippen LogP contribution in [0.4, 0.5) is 4.39 Å². The van der Waals surface area contributed by atoms with Gasteiger partial charge < -0.3 is 18.9 Å². The largest absolute Gasteiger partial charge is 0.486 e. The Kier molecular flexibility index (Phi) is 8.91. The Balaban J connectivity index is 2.29. The van der Waals surface area contributed by atoms with Crippen molar-refractivity contribution in [2.45, 2.75) is 27.2 Å². The molecule has 0 bridgehead atoms. The second-order valence-corrected chi connectivity index (χ2v) is 7.07. The Morgan fingerprint density at radius 2 is 1.36 bits per heavy atom. The molecule has 2 aromatic carbocycles. The summed E-state index contributed by atoms with van der Waals surface area (Å²) in [6, 6.07) is 8.74. The summed E-state index contributed by atoms with van der Waals surface area (Å²) in [7, 11) is 0. The van der Waals surface area contributed by atoms with E-state index in [1.807, 2.05) is 0 Å². The van der Waals surface area contributed by atoms with Crippen LogP contribution in [0.25, 0.3) is 11.1 Å². The quantitative estimate of drug-likeness (QED) is 0.220. The van der Waals surface area contributed by atoms with E-state index in [4.69, 9.17) is 18.9 Å². The Labute approximate surface area is 191 Å². The average Bonchev–Trinajstić information content (AvgIpc) is 2.78. The van der Waals surface area contributed by atoms with Gasteiger partial charge in [0.15, 0.2) is 23.1 Å². The number of carbonyl (C=O) groups excluding carboxylic acids is 3. The van der Waals surface area contributed by atoms with Crippen molar-refractivity contribution in [2.75, 3.05) is 13.2 Å². The van der Waals surface area contributed by atoms with Crippen LogP contribution in [0, 0.1) is 5.82 Å². The van der Waals surface area contributed by atoms with Gasteiger partial charge in [-0.15, -0.1) is 0 Å². The predicted molar refractivity (Wildman–Crippen MR) is 119 cm³/mol. The lowest BCUT2D eigenvalue weighted by Crippen LogP contribution is -2.13. The summed E-state index contributed by atoms with van der Waals surface area (Å²) in [5.41, 5.74) is 1.35. The number of ether oxygens (including phenoxy) is 4. The van der Waals surface area contributed by atoms with Crippen LogP contribution in [-0.2, 0) is 19.1 Å². The second kappa shape index (κ2) is 11.6. The summed E-state index contributed by atoms with van der Waals surface area (Å²) in [4.78, 5) is 34.9. The van der Waals surface area contributed by atoms with Crippen molar-refractivity contribution >= 4 is 17.9 Å². The van der Waals surface area contributed by atoms with E-state index in [1.165, 1.54) is 32.0 Å². The number of halogens is 1. The molecule has 0 aliphatic heterocycles. The summed E-state index contributed by atoms with van der Waals surface area (Å²) in [5, 5.41) is 0. The molecule has 0 radical (unpaired) electrons. The van der Waals surface area contributed by atoms with E-state index in [-0.39, 0.29) is 54.0 Å². The van der Waals surface area contributed by atoms with Gasteiger partial charge in [0.1, 0.15) is 13.2 Å². The Bertz CT molecular complexity index is 1090.